The molecule has 0 aliphatic heterocycles. The maximum atomic E-state index is 9.85. The summed E-state index contributed by atoms with van der Waals surface area (Å²) in [5.41, 5.74) is 0.0170. The van der Waals surface area contributed by atoms with Crippen molar-refractivity contribution < 1.29 is 5.11 Å². The lowest BCUT2D eigenvalue weighted by atomic mass is 9.78. The van der Waals surface area contributed by atoms with Crippen molar-refractivity contribution >= 4 is 0 Å². The molecule has 3 heteroatoms. The van der Waals surface area contributed by atoms with E-state index in [-0.39, 0.29) is 5.54 Å². The van der Waals surface area contributed by atoms with Crippen LogP contribution in [-0.2, 0) is 0 Å². The summed E-state index contributed by atoms with van der Waals surface area (Å²) in [7, 11) is 2.27. The van der Waals surface area contributed by atoms with Gasteiger partial charge in [0.25, 0.3) is 0 Å². The van der Waals surface area contributed by atoms with E-state index in [9.17, 15) is 5.11 Å². The molecule has 2 atom stereocenters. The first-order valence-electron chi connectivity index (χ1n) is 8.28. The molecule has 0 aromatic carbocycles. The molecular weight excluding hydrogens is 236 g/mol. The van der Waals surface area contributed by atoms with E-state index in [0.717, 1.165) is 12.8 Å². The van der Waals surface area contributed by atoms with Gasteiger partial charge in [0, 0.05) is 17.6 Å². The van der Waals surface area contributed by atoms with Crippen LogP contribution in [0.4, 0.5) is 0 Å². The molecule has 2 aliphatic carbocycles. The van der Waals surface area contributed by atoms with E-state index in [1.807, 2.05) is 0 Å². The van der Waals surface area contributed by atoms with Gasteiger partial charge in [0.05, 0.1) is 6.61 Å². The van der Waals surface area contributed by atoms with Crippen LogP contribution in [0.5, 0.6) is 0 Å². The Hall–Kier alpha value is -0.120. The minimum Gasteiger partial charge on any atom is -0.394 e. The smallest absolute Gasteiger partial charge is 0.0613 e. The number of nitrogens with one attached hydrogen (secondary N) is 1. The Labute approximate surface area is 118 Å². The van der Waals surface area contributed by atoms with E-state index in [4.69, 9.17) is 0 Å². The fourth-order valence-corrected chi connectivity index (χ4v) is 3.48. The van der Waals surface area contributed by atoms with Gasteiger partial charge < -0.3 is 15.3 Å². The topological polar surface area (TPSA) is 35.5 Å². The number of aliphatic hydroxyl groups excluding tert-OH is 1. The summed E-state index contributed by atoms with van der Waals surface area (Å²) in [5, 5.41) is 13.6. The van der Waals surface area contributed by atoms with E-state index in [1.54, 1.807) is 0 Å². The van der Waals surface area contributed by atoms with Crippen molar-refractivity contribution in [3.8, 4) is 0 Å². The molecule has 2 saturated carbocycles. The van der Waals surface area contributed by atoms with E-state index < -0.39 is 0 Å². The maximum absolute atomic E-state index is 9.85. The van der Waals surface area contributed by atoms with Gasteiger partial charge in [-0.1, -0.05) is 19.8 Å². The van der Waals surface area contributed by atoms with Crippen molar-refractivity contribution in [1.82, 2.24) is 10.2 Å². The first-order valence-corrected chi connectivity index (χ1v) is 8.28. The van der Waals surface area contributed by atoms with Crippen LogP contribution >= 0.6 is 0 Å². The van der Waals surface area contributed by atoms with E-state index in [2.05, 4.69) is 24.2 Å². The van der Waals surface area contributed by atoms with Crippen LogP contribution in [0, 0.1) is 0 Å². The fourth-order valence-electron chi connectivity index (χ4n) is 3.48. The summed E-state index contributed by atoms with van der Waals surface area (Å²) in [6, 6.07) is 1.35. The molecule has 0 saturated heterocycles. The summed E-state index contributed by atoms with van der Waals surface area (Å²) >= 11 is 0. The number of aliphatic hydroxyl groups is 1. The van der Waals surface area contributed by atoms with Crippen LogP contribution < -0.4 is 5.32 Å². The van der Waals surface area contributed by atoms with Crippen molar-refractivity contribution in [2.45, 2.75) is 82.3 Å². The molecule has 0 radical (unpaired) electrons. The van der Waals surface area contributed by atoms with Gasteiger partial charge in [0.1, 0.15) is 0 Å². The normalized spacial score (nSPS) is 31.9. The molecule has 2 N–H and O–H groups in total. The Morgan fingerprint density at radius 1 is 1.26 bits per heavy atom. The highest BCUT2D eigenvalue weighted by molar-refractivity contribution is 5.00. The summed E-state index contributed by atoms with van der Waals surface area (Å²) in [6.45, 7) is 3.78. The highest BCUT2D eigenvalue weighted by Gasteiger charge is 2.40. The van der Waals surface area contributed by atoms with Gasteiger partial charge in [-0.2, -0.15) is 0 Å². The van der Waals surface area contributed by atoms with Crippen molar-refractivity contribution in [3.05, 3.63) is 0 Å². The first kappa shape index (κ1) is 15.3. The van der Waals surface area contributed by atoms with Crippen molar-refractivity contribution in [3.63, 3.8) is 0 Å². The van der Waals surface area contributed by atoms with Crippen LogP contribution in [0.25, 0.3) is 0 Å². The number of hydrogen-bond acceptors (Lipinski definition) is 3. The largest absolute Gasteiger partial charge is 0.394 e. The van der Waals surface area contributed by atoms with Crippen LogP contribution in [0.1, 0.15) is 64.7 Å². The zero-order valence-electron chi connectivity index (χ0n) is 12.8. The molecule has 19 heavy (non-hydrogen) atoms. The lowest BCUT2D eigenvalue weighted by Gasteiger charge is -2.44. The van der Waals surface area contributed by atoms with Crippen molar-refractivity contribution in [2.24, 2.45) is 0 Å². The van der Waals surface area contributed by atoms with Gasteiger partial charge >= 0.3 is 0 Å². The second-order valence-corrected chi connectivity index (χ2v) is 6.79. The van der Waals surface area contributed by atoms with Crippen LogP contribution in [0.3, 0.4) is 0 Å². The zero-order valence-corrected chi connectivity index (χ0v) is 12.8. The molecule has 2 unspecified atom stereocenters. The molecule has 0 heterocycles. The van der Waals surface area contributed by atoms with Gasteiger partial charge in [-0.3, -0.25) is 0 Å². The van der Waals surface area contributed by atoms with Crippen molar-refractivity contribution in [1.29, 1.82) is 0 Å². The van der Waals surface area contributed by atoms with E-state index >= 15 is 0 Å². The highest BCUT2D eigenvalue weighted by atomic mass is 16.3. The Balaban J connectivity index is 1.83. The summed E-state index contributed by atoms with van der Waals surface area (Å²) < 4.78 is 0. The average molecular weight is 268 g/mol. The van der Waals surface area contributed by atoms with Gasteiger partial charge in [0.15, 0.2) is 0 Å². The quantitative estimate of drug-likeness (QED) is 0.664. The first-order chi connectivity index (χ1) is 9.19. The molecule has 0 aromatic heterocycles. The number of nitrogens with zero attached hydrogens (tertiary/aromatic N) is 1. The van der Waals surface area contributed by atoms with Gasteiger partial charge in [-0.25, -0.2) is 0 Å². The third kappa shape index (κ3) is 4.44. The predicted molar refractivity (Wildman–Crippen MR) is 80.4 cm³/mol. The lowest BCUT2D eigenvalue weighted by molar-refractivity contribution is 0.0676. The molecule has 112 valence electrons. The summed E-state index contributed by atoms with van der Waals surface area (Å²) in [5.74, 6) is 0. The molecule has 0 amide bonds. The predicted octanol–water partition coefficient (Wildman–Crippen LogP) is 2.53. The highest BCUT2D eigenvalue weighted by Crippen LogP contribution is 2.34. The molecule has 0 spiro atoms. The molecule has 3 nitrogen and oxygen atoms in total. The number of rotatable bonds is 8. The molecular formula is C16H32N2O. The fraction of sp³-hybridized carbons (Fsp3) is 1.00. The monoisotopic (exact) mass is 268 g/mol. The Bertz CT molecular complexity index is 267. The van der Waals surface area contributed by atoms with Crippen LogP contribution in [0.2, 0.25) is 0 Å². The second kappa shape index (κ2) is 7.05. The maximum Gasteiger partial charge on any atom is 0.0613 e. The van der Waals surface area contributed by atoms with Crippen LogP contribution in [0.15, 0.2) is 0 Å². The lowest BCUT2D eigenvalue weighted by Crippen LogP contribution is -2.56. The third-order valence-electron chi connectivity index (χ3n) is 4.95. The summed E-state index contributed by atoms with van der Waals surface area (Å²) in [6.07, 6.45) is 11.4. The third-order valence-corrected chi connectivity index (χ3v) is 4.95. The van der Waals surface area contributed by atoms with Crippen LogP contribution in [-0.4, -0.2) is 47.8 Å². The van der Waals surface area contributed by atoms with E-state index in [0.29, 0.717) is 18.7 Å². The number of hydrogen-bond donors (Lipinski definition) is 2. The van der Waals surface area contributed by atoms with E-state index in [1.165, 1.54) is 51.5 Å². The Morgan fingerprint density at radius 2 is 2.05 bits per heavy atom. The molecule has 2 fully saturated rings. The average Bonchev–Trinajstić information content (AvgIpc) is 3.23. The number of unbranched alkanes of at least 4 members (excludes halogenated alkanes) is 2. The Kier molecular flexibility index (Phi) is 5.67. The van der Waals surface area contributed by atoms with Gasteiger partial charge in [-0.05, 0) is 58.5 Å². The summed E-state index contributed by atoms with van der Waals surface area (Å²) in [4.78, 5) is 2.54. The van der Waals surface area contributed by atoms with Crippen molar-refractivity contribution in [2.75, 3.05) is 20.2 Å². The Morgan fingerprint density at radius 3 is 2.68 bits per heavy atom. The second-order valence-electron chi connectivity index (χ2n) is 6.79. The molecule has 2 aliphatic rings. The minimum absolute atomic E-state index is 0.0170. The SMILES string of the molecule is CCCCCN(C)C1CCCC(CO)(NC2CC2)C1. The minimum atomic E-state index is 0.0170. The van der Waals surface area contributed by atoms with Gasteiger partial charge in [-0.15, -0.1) is 0 Å². The molecule has 0 aromatic rings. The molecule has 0 bridgehead atoms. The van der Waals surface area contributed by atoms with Gasteiger partial charge in [0.2, 0.25) is 0 Å². The standard InChI is InChI=1S/C16H32N2O/c1-3-4-5-11-18(2)15-7-6-10-16(12-15,13-19)17-14-8-9-14/h14-15,17,19H,3-13H2,1-2H3. The zero-order chi connectivity index (χ0) is 13.7. The molecule has 2 rings (SSSR count).